The molecule has 2 rings (SSSR count). The van der Waals surface area contributed by atoms with E-state index in [0.29, 0.717) is 12.8 Å². The number of aliphatic hydroxyl groups is 1. The molecular formula is C13H15NO4. The maximum atomic E-state index is 11.5. The number of anilines is 1. The number of carbonyl (C=O) groups excluding carboxylic acids is 1. The first-order valence-corrected chi connectivity index (χ1v) is 5.78. The van der Waals surface area contributed by atoms with Gasteiger partial charge < -0.3 is 15.1 Å². The Labute approximate surface area is 105 Å². The molecule has 0 saturated carbocycles. The third-order valence-corrected chi connectivity index (χ3v) is 3.20. The SMILES string of the molecule is CN1C(=O)CCc2cc(CC(O)C(=O)O)ccc21. The van der Waals surface area contributed by atoms with Gasteiger partial charge in [0.05, 0.1) is 0 Å². The van der Waals surface area contributed by atoms with Crippen LogP contribution in [-0.4, -0.2) is 35.2 Å². The first-order chi connectivity index (χ1) is 8.49. The molecule has 0 aliphatic carbocycles. The third kappa shape index (κ3) is 2.36. The molecule has 1 amide bonds. The largest absolute Gasteiger partial charge is 0.479 e. The highest BCUT2D eigenvalue weighted by Gasteiger charge is 2.21. The standard InChI is InChI=1S/C13H15NO4/c1-14-10-4-2-8(7-11(15)13(17)18)6-9(10)3-5-12(14)16/h2,4,6,11,15H,3,5,7H2,1H3,(H,17,18). The second-order valence-corrected chi connectivity index (χ2v) is 4.47. The number of benzene rings is 1. The summed E-state index contributed by atoms with van der Waals surface area (Å²) in [6.07, 6.45) is -0.171. The van der Waals surface area contributed by atoms with Crippen LogP contribution in [0.1, 0.15) is 17.5 Å². The van der Waals surface area contributed by atoms with Gasteiger partial charge in [0.25, 0.3) is 0 Å². The number of amides is 1. The minimum Gasteiger partial charge on any atom is -0.479 e. The molecule has 1 unspecified atom stereocenters. The van der Waals surface area contributed by atoms with Crippen molar-refractivity contribution in [3.63, 3.8) is 0 Å². The number of fused-ring (bicyclic) bond motifs is 1. The maximum absolute atomic E-state index is 11.5. The fourth-order valence-corrected chi connectivity index (χ4v) is 2.15. The first-order valence-electron chi connectivity index (χ1n) is 5.78. The Balaban J connectivity index is 2.23. The second kappa shape index (κ2) is 4.78. The summed E-state index contributed by atoms with van der Waals surface area (Å²) in [6, 6.07) is 5.42. The molecule has 1 atom stereocenters. The van der Waals surface area contributed by atoms with Gasteiger partial charge in [-0.3, -0.25) is 4.79 Å². The third-order valence-electron chi connectivity index (χ3n) is 3.20. The smallest absolute Gasteiger partial charge is 0.332 e. The van der Waals surface area contributed by atoms with Crippen molar-refractivity contribution in [2.24, 2.45) is 0 Å². The van der Waals surface area contributed by atoms with E-state index < -0.39 is 12.1 Å². The second-order valence-electron chi connectivity index (χ2n) is 4.47. The molecule has 0 radical (unpaired) electrons. The van der Waals surface area contributed by atoms with Gasteiger partial charge in [0.1, 0.15) is 0 Å². The summed E-state index contributed by atoms with van der Waals surface area (Å²) < 4.78 is 0. The van der Waals surface area contributed by atoms with E-state index in [2.05, 4.69) is 0 Å². The van der Waals surface area contributed by atoms with Gasteiger partial charge in [0, 0.05) is 25.6 Å². The zero-order valence-corrected chi connectivity index (χ0v) is 10.1. The summed E-state index contributed by atoms with van der Waals surface area (Å²) in [7, 11) is 1.73. The van der Waals surface area contributed by atoms with E-state index >= 15 is 0 Å². The molecule has 1 aromatic rings. The molecule has 0 bridgehead atoms. The van der Waals surface area contributed by atoms with Crippen LogP contribution in [0.5, 0.6) is 0 Å². The fraction of sp³-hybridized carbons (Fsp3) is 0.385. The Morgan fingerprint density at radius 2 is 2.17 bits per heavy atom. The van der Waals surface area contributed by atoms with Crippen molar-refractivity contribution in [1.29, 1.82) is 0 Å². The van der Waals surface area contributed by atoms with E-state index in [-0.39, 0.29) is 12.3 Å². The van der Waals surface area contributed by atoms with Gasteiger partial charge in [-0.1, -0.05) is 12.1 Å². The van der Waals surface area contributed by atoms with Crippen LogP contribution in [-0.2, 0) is 22.4 Å². The number of aliphatic hydroxyl groups excluding tert-OH is 1. The lowest BCUT2D eigenvalue weighted by Gasteiger charge is -2.26. The van der Waals surface area contributed by atoms with Crippen LogP contribution >= 0.6 is 0 Å². The molecule has 0 spiro atoms. The molecule has 96 valence electrons. The average molecular weight is 249 g/mol. The monoisotopic (exact) mass is 249 g/mol. The normalized spacial score (nSPS) is 16.3. The quantitative estimate of drug-likeness (QED) is 0.821. The molecule has 1 aliphatic heterocycles. The lowest BCUT2D eigenvalue weighted by Crippen LogP contribution is -2.31. The van der Waals surface area contributed by atoms with E-state index in [0.717, 1.165) is 16.8 Å². The molecule has 0 saturated heterocycles. The molecule has 5 heteroatoms. The predicted octanol–water partition coefficient (Wildman–Crippen LogP) is 0.584. The van der Waals surface area contributed by atoms with Crippen LogP contribution in [0.25, 0.3) is 0 Å². The summed E-state index contributed by atoms with van der Waals surface area (Å²) in [6.45, 7) is 0. The van der Waals surface area contributed by atoms with Gasteiger partial charge in [-0.25, -0.2) is 4.79 Å². The summed E-state index contributed by atoms with van der Waals surface area (Å²) in [5.41, 5.74) is 2.65. The topological polar surface area (TPSA) is 77.8 Å². The molecule has 5 nitrogen and oxygen atoms in total. The minimum atomic E-state index is -1.38. The molecule has 0 aromatic heterocycles. The Morgan fingerprint density at radius 1 is 1.44 bits per heavy atom. The van der Waals surface area contributed by atoms with Gasteiger partial charge in [-0.05, 0) is 23.6 Å². The first kappa shape index (κ1) is 12.6. The van der Waals surface area contributed by atoms with E-state index in [4.69, 9.17) is 5.11 Å². The van der Waals surface area contributed by atoms with Crippen molar-refractivity contribution in [3.05, 3.63) is 29.3 Å². The number of carbonyl (C=O) groups is 2. The van der Waals surface area contributed by atoms with Crippen LogP contribution in [0.15, 0.2) is 18.2 Å². The summed E-state index contributed by atoms with van der Waals surface area (Å²) in [5.74, 6) is -1.14. The number of hydrogen-bond acceptors (Lipinski definition) is 3. The number of hydrogen-bond donors (Lipinski definition) is 2. The van der Waals surface area contributed by atoms with Crippen molar-refractivity contribution in [3.8, 4) is 0 Å². The Hall–Kier alpha value is -1.88. The molecule has 1 aliphatic rings. The predicted molar refractivity (Wildman–Crippen MR) is 65.5 cm³/mol. The van der Waals surface area contributed by atoms with Crippen LogP contribution in [0.4, 0.5) is 5.69 Å². The maximum Gasteiger partial charge on any atom is 0.332 e. The van der Waals surface area contributed by atoms with Crippen molar-refractivity contribution >= 4 is 17.6 Å². The molecule has 0 fully saturated rings. The highest BCUT2D eigenvalue weighted by molar-refractivity contribution is 5.95. The number of carboxylic acid groups (broad SMARTS) is 1. The van der Waals surface area contributed by atoms with Crippen LogP contribution in [0.3, 0.4) is 0 Å². The van der Waals surface area contributed by atoms with Crippen molar-refractivity contribution in [1.82, 2.24) is 0 Å². The van der Waals surface area contributed by atoms with Gasteiger partial charge >= 0.3 is 5.97 Å². The van der Waals surface area contributed by atoms with Gasteiger partial charge in [-0.15, -0.1) is 0 Å². The fourth-order valence-electron chi connectivity index (χ4n) is 2.15. The zero-order valence-electron chi connectivity index (χ0n) is 10.1. The van der Waals surface area contributed by atoms with Gasteiger partial charge in [-0.2, -0.15) is 0 Å². The highest BCUT2D eigenvalue weighted by Crippen LogP contribution is 2.27. The van der Waals surface area contributed by atoms with E-state index in [1.807, 2.05) is 6.07 Å². The minimum absolute atomic E-state index is 0.0836. The lowest BCUT2D eigenvalue weighted by molar-refractivity contribution is -0.146. The van der Waals surface area contributed by atoms with Crippen LogP contribution in [0.2, 0.25) is 0 Å². The molecule has 1 heterocycles. The summed E-state index contributed by atoms with van der Waals surface area (Å²) in [4.78, 5) is 23.7. The number of nitrogens with zero attached hydrogens (tertiary/aromatic N) is 1. The van der Waals surface area contributed by atoms with Crippen molar-refractivity contribution in [2.45, 2.75) is 25.4 Å². The Bertz CT molecular complexity index is 498. The molecule has 1 aromatic carbocycles. The summed E-state index contributed by atoms with van der Waals surface area (Å²) in [5, 5.41) is 18.0. The number of aryl methyl sites for hydroxylation is 1. The van der Waals surface area contributed by atoms with Crippen LogP contribution in [0, 0.1) is 0 Å². The van der Waals surface area contributed by atoms with Gasteiger partial charge in [0.2, 0.25) is 5.91 Å². The van der Waals surface area contributed by atoms with E-state index in [9.17, 15) is 14.7 Å². The molecule has 18 heavy (non-hydrogen) atoms. The molecule has 2 N–H and O–H groups in total. The van der Waals surface area contributed by atoms with Gasteiger partial charge in [0.15, 0.2) is 6.10 Å². The van der Waals surface area contributed by atoms with Crippen molar-refractivity contribution < 1.29 is 19.8 Å². The Kier molecular flexibility index (Phi) is 3.34. The van der Waals surface area contributed by atoms with E-state index in [1.165, 1.54) is 0 Å². The van der Waals surface area contributed by atoms with Crippen molar-refractivity contribution in [2.75, 3.05) is 11.9 Å². The van der Waals surface area contributed by atoms with E-state index in [1.54, 1.807) is 24.1 Å². The zero-order chi connectivity index (χ0) is 13.3. The summed E-state index contributed by atoms with van der Waals surface area (Å²) >= 11 is 0. The Morgan fingerprint density at radius 3 is 2.83 bits per heavy atom. The number of carboxylic acids is 1. The lowest BCUT2D eigenvalue weighted by atomic mass is 9.97. The highest BCUT2D eigenvalue weighted by atomic mass is 16.4. The number of aliphatic carboxylic acids is 1. The average Bonchev–Trinajstić information content (AvgIpc) is 2.34. The molecular weight excluding hydrogens is 234 g/mol. The van der Waals surface area contributed by atoms with Crippen LogP contribution < -0.4 is 4.90 Å². The number of rotatable bonds is 3.